The molecule has 23 heavy (non-hydrogen) atoms. The Bertz CT molecular complexity index is 624. The zero-order valence-electron chi connectivity index (χ0n) is 13.6. The smallest absolute Gasteiger partial charge is 0.162 e. The van der Waals surface area contributed by atoms with Gasteiger partial charge in [0.05, 0.1) is 13.7 Å². The standard InChI is InChI=1S/C19H23NO3/c1-14-8-9-16(17(12-14)21-2)23-19(15-6-4-3-5-7-15)18-13-20-10-11-22-18/h3-9,12,18-20H,10-11,13H2,1-2H3/t18-,19-/m0/s1. The van der Waals surface area contributed by atoms with Crippen LogP contribution in [0.5, 0.6) is 11.5 Å². The molecule has 0 aliphatic carbocycles. The molecule has 0 unspecified atom stereocenters. The summed E-state index contributed by atoms with van der Waals surface area (Å²) in [5.41, 5.74) is 2.24. The Kier molecular flexibility index (Phi) is 5.16. The first-order valence-electron chi connectivity index (χ1n) is 7.96. The molecule has 3 rings (SSSR count). The van der Waals surface area contributed by atoms with E-state index in [1.807, 2.05) is 43.3 Å². The Labute approximate surface area is 137 Å². The third kappa shape index (κ3) is 3.84. The predicted molar refractivity (Wildman–Crippen MR) is 90.2 cm³/mol. The third-order valence-corrected chi connectivity index (χ3v) is 4.00. The number of ether oxygens (including phenoxy) is 3. The van der Waals surface area contributed by atoms with Gasteiger partial charge in [0.2, 0.25) is 0 Å². The van der Waals surface area contributed by atoms with Crippen LogP contribution in [0.15, 0.2) is 48.5 Å². The van der Waals surface area contributed by atoms with Crippen molar-refractivity contribution in [2.24, 2.45) is 0 Å². The second-order valence-corrected chi connectivity index (χ2v) is 5.72. The molecule has 1 saturated heterocycles. The first-order chi connectivity index (χ1) is 11.3. The van der Waals surface area contributed by atoms with Crippen LogP contribution in [0.1, 0.15) is 17.2 Å². The van der Waals surface area contributed by atoms with Gasteiger partial charge in [-0.3, -0.25) is 0 Å². The minimum atomic E-state index is -0.180. The maximum absolute atomic E-state index is 6.33. The van der Waals surface area contributed by atoms with Crippen molar-refractivity contribution < 1.29 is 14.2 Å². The predicted octanol–water partition coefficient (Wildman–Crippen LogP) is 3.11. The molecule has 2 aromatic carbocycles. The van der Waals surface area contributed by atoms with Gasteiger partial charge >= 0.3 is 0 Å². The first kappa shape index (κ1) is 15.8. The van der Waals surface area contributed by atoms with Crippen LogP contribution in [0.4, 0.5) is 0 Å². The Morgan fingerprint density at radius 2 is 1.96 bits per heavy atom. The Hall–Kier alpha value is -2.04. The number of rotatable bonds is 5. The monoisotopic (exact) mass is 313 g/mol. The van der Waals surface area contributed by atoms with E-state index in [4.69, 9.17) is 14.2 Å². The number of benzene rings is 2. The van der Waals surface area contributed by atoms with Gasteiger partial charge in [0.15, 0.2) is 17.6 Å². The van der Waals surface area contributed by atoms with Gasteiger partial charge in [0.1, 0.15) is 6.10 Å². The molecule has 0 spiro atoms. The van der Waals surface area contributed by atoms with E-state index in [1.54, 1.807) is 7.11 Å². The van der Waals surface area contributed by atoms with Gasteiger partial charge in [0.25, 0.3) is 0 Å². The fourth-order valence-corrected chi connectivity index (χ4v) is 2.79. The van der Waals surface area contributed by atoms with Crippen LogP contribution in [-0.4, -0.2) is 32.9 Å². The fourth-order valence-electron chi connectivity index (χ4n) is 2.79. The highest BCUT2D eigenvalue weighted by Gasteiger charge is 2.28. The zero-order valence-corrected chi connectivity index (χ0v) is 13.6. The summed E-state index contributed by atoms with van der Waals surface area (Å²) in [4.78, 5) is 0. The van der Waals surface area contributed by atoms with E-state index in [2.05, 4.69) is 17.4 Å². The van der Waals surface area contributed by atoms with E-state index >= 15 is 0 Å². The minimum Gasteiger partial charge on any atom is -0.493 e. The number of hydrogen-bond donors (Lipinski definition) is 1. The van der Waals surface area contributed by atoms with Crippen molar-refractivity contribution in [3.63, 3.8) is 0 Å². The van der Waals surface area contributed by atoms with Crippen molar-refractivity contribution in [1.82, 2.24) is 5.32 Å². The lowest BCUT2D eigenvalue weighted by molar-refractivity contribution is -0.0438. The molecule has 122 valence electrons. The first-order valence-corrected chi connectivity index (χ1v) is 7.96. The van der Waals surface area contributed by atoms with Crippen molar-refractivity contribution in [2.45, 2.75) is 19.1 Å². The molecule has 0 amide bonds. The van der Waals surface area contributed by atoms with Crippen molar-refractivity contribution in [1.29, 1.82) is 0 Å². The molecular weight excluding hydrogens is 290 g/mol. The van der Waals surface area contributed by atoms with Crippen molar-refractivity contribution >= 4 is 0 Å². The summed E-state index contributed by atoms with van der Waals surface area (Å²) in [6.45, 7) is 4.39. The molecule has 1 aliphatic rings. The van der Waals surface area contributed by atoms with Crippen LogP contribution >= 0.6 is 0 Å². The lowest BCUT2D eigenvalue weighted by Gasteiger charge is -2.32. The molecule has 2 aromatic rings. The maximum Gasteiger partial charge on any atom is 0.162 e. The number of nitrogens with one attached hydrogen (secondary N) is 1. The van der Waals surface area contributed by atoms with E-state index < -0.39 is 0 Å². The number of methoxy groups -OCH3 is 1. The van der Waals surface area contributed by atoms with Gasteiger partial charge in [-0.2, -0.15) is 0 Å². The molecular formula is C19H23NO3. The van der Waals surface area contributed by atoms with E-state index in [1.165, 1.54) is 0 Å². The fraction of sp³-hybridized carbons (Fsp3) is 0.368. The van der Waals surface area contributed by atoms with Crippen LogP contribution in [0, 0.1) is 6.92 Å². The van der Waals surface area contributed by atoms with E-state index in [0.29, 0.717) is 6.61 Å². The van der Waals surface area contributed by atoms with E-state index in [0.717, 1.165) is 35.7 Å². The molecule has 1 N–H and O–H groups in total. The molecule has 0 saturated carbocycles. The van der Waals surface area contributed by atoms with Gasteiger partial charge in [0, 0.05) is 13.1 Å². The highest BCUT2D eigenvalue weighted by Crippen LogP contribution is 2.34. The normalized spacial score (nSPS) is 19.1. The Morgan fingerprint density at radius 3 is 2.65 bits per heavy atom. The number of aryl methyl sites for hydroxylation is 1. The van der Waals surface area contributed by atoms with Crippen LogP contribution in [-0.2, 0) is 4.74 Å². The quantitative estimate of drug-likeness (QED) is 0.921. The van der Waals surface area contributed by atoms with Crippen LogP contribution in [0.25, 0.3) is 0 Å². The molecule has 0 radical (unpaired) electrons. The summed E-state index contributed by atoms with van der Waals surface area (Å²) < 4.78 is 17.7. The molecule has 1 fully saturated rings. The summed E-state index contributed by atoms with van der Waals surface area (Å²) in [5.74, 6) is 1.48. The highest BCUT2D eigenvalue weighted by atomic mass is 16.6. The Morgan fingerprint density at radius 1 is 1.13 bits per heavy atom. The lowest BCUT2D eigenvalue weighted by Crippen LogP contribution is -2.43. The summed E-state index contributed by atoms with van der Waals surface area (Å²) >= 11 is 0. The van der Waals surface area contributed by atoms with Gasteiger partial charge in [-0.15, -0.1) is 0 Å². The molecule has 0 bridgehead atoms. The lowest BCUT2D eigenvalue weighted by atomic mass is 10.0. The summed E-state index contributed by atoms with van der Waals surface area (Å²) in [6.07, 6.45) is -0.210. The van der Waals surface area contributed by atoms with Crippen LogP contribution in [0.2, 0.25) is 0 Å². The second kappa shape index (κ2) is 7.49. The maximum atomic E-state index is 6.33. The van der Waals surface area contributed by atoms with Crippen LogP contribution in [0.3, 0.4) is 0 Å². The number of hydrogen-bond acceptors (Lipinski definition) is 4. The van der Waals surface area contributed by atoms with Crippen molar-refractivity contribution in [3.8, 4) is 11.5 Å². The third-order valence-electron chi connectivity index (χ3n) is 4.00. The minimum absolute atomic E-state index is 0.0304. The van der Waals surface area contributed by atoms with Crippen molar-refractivity contribution in [3.05, 3.63) is 59.7 Å². The molecule has 0 aromatic heterocycles. The molecule has 2 atom stereocenters. The Balaban J connectivity index is 1.89. The topological polar surface area (TPSA) is 39.7 Å². The van der Waals surface area contributed by atoms with Gasteiger partial charge < -0.3 is 19.5 Å². The van der Waals surface area contributed by atoms with Gasteiger partial charge in [-0.1, -0.05) is 36.4 Å². The second-order valence-electron chi connectivity index (χ2n) is 5.72. The molecule has 4 heteroatoms. The molecule has 1 aliphatic heterocycles. The van der Waals surface area contributed by atoms with E-state index in [-0.39, 0.29) is 12.2 Å². The van der Waals surface area contributed by atoms with Gasteiger partial charge in [-0.25, -0.2) is 0 Å². The van der Waals surface area contributed by atoms with Crippen molar-refractivity contribution in [2.75, 3.05) is 26.8 Å². The molecule has 1 heterocycles. The number of morpholine rings is 1. The summed E-state index contributed by atoms with van der Waals surface area (Å²) in [5, 5.41) is 3.37. The van der Waals surface area contributed by atoms with Gasteiger partial charge in [-0.05, 0) is 30.2 Å². The highest BCUT2D eigenvalue weighted by molar-refractivity contribution is 5.43. The van der Waals surface area contributed by atoms with Crippen LogP contribution < -0.4 is 14.8 Å². The zero-order chi connectivity index (χ0) is 16.1. The SMILES string of the molecule is COc1cc(C)ccc1O[C@@H](c1ccccc1)[C@@H]1CNCCO1. The van der Waals surface area contributed by atoms with E-state index in [9.17, 15) is 0 Å². The summed E-state index contributed by atoms with van der Waals surface area (Å²) in [6, 6.07) is 16.2. The average Bonchev–Trinajstić information content (AvgIpc) is 2.62. The molecule has 4 nitrogen and oxygen atoms in total. The summed E-state index contributed by atoms with van der Waals surface area (Å²) in [7, 11) is 1.66. The largest absolute Gasteiger partial charge is 0.493 e. The average molecular weight is 313 g/mol.